The summed E-state index contributed by atoms with van der Waals surface area (Å²) in [4.78, 5) is 13.6. The van der Waals surface area contributed by atoms with E-state index in [-0.39, 0.29) is 6.61 Å². The van der Waals surface area contributed by atoms with E-state index in [2.05, 4.69) is 58.5 Å². The summed E-state index contributed by atoms with van der Waals surface area (Å²) >= 11 is 0. The molecule has 0 fully saturated rings. The number of benzene rings is 1. The fraction of sp³-hybridized carbons (Fsp3) is 0.286. The largest absolute Gasteiger partial charge is 0.396 e. The third kappa shape index (κ3) is 4.80. The molecular formula is C21H25N5O. The Hall–Kier alpha value is -2.99. The van der Waals surface area contributed by atoms with Gasteiger partial charge in [0.2, 0.25) is 5.95 Å². The van der Waals surface area contributed by atoms with Crippen molar-refractivity contribution in [1.82, 2.24) is 15.0 Å². The lowest BCUT2D eigenvalue weighted by Crippen LogP contribution is -2.09. The molecule has 6 heteroatoms. The summed E-state index contributed by atoms with van der Waals surface area (Å²) in [6, 6.07) is 11.9. The molecule has 0 aliphatic heterocycles. The van der Waals surface area contributed by atoms with E-state index in [9.17, 15) is 0 Å². The number of aliphatic hydroxyl groups excluding tert-OH is 1. The van der Waals surface area contributed by atoms with E-state index in [1.807, 2.05) is 24.3 Å². The molecule has 6 nitrogen and oxygen atoms in total. The maximum Gasteiger partial charge on any atom is 0.225 e. The average Bonchev–Trinajstić information content (AvgIpc) is 2.65. The number of aryl methyl sites for hydroxylation is 3. The minimum atomic E-state index is 0.125. The first-order valence-corrected chi connectivity index (χ1v) is 9.07. The van der Waals surface area contributed by atoms with Gasteiger partial charge in [0.1, 0.15) is 5.82 Å². The van der Waals surface area contributed by atoms with Crippen LogP contribution < -0.4 is 10.6 Å². The number of aromatic nitrogens is 3. The lowest BCUT2D eigenvalue weighted by Gasteiger charge is -2.15. The van der Waals surface area contributed by atoms with E-state index < -0.39 is 0 Å². The molecule has 0 atom stereocenters. The number of pyridine rings is 1. The second-order valence-corrected chi connectivity index (χ2v) is 6.58. The maximum atomic E-state index is 9.01. The summed E-state index contributed by atoms with van der Waals surface area (Å²) in [5.41, 5.74) is 6.14. The van der Waals surface area contributed by atoms with Crippen LogP contribution in [0.1, 0.15) is 23.1 Å². The number of nitrogens with zero attached hydrogens (tertiary/aromatic N) is 3. The molecule has 0 aliphatic carbocycles. The molecule has 27 heavy (non-hydrogen) atoms. The highest BCUT2D eigenvalue weighted by Gasteiger charge is 2.10. The zero-order valence-corrected chi connectivity index (χ0v) is 16.0. The van der Waals surface area contributed by atoms with Gasteiger partial charge >= 0.3 is 0 Å². The number of hydrogen-bond donors (Lipinski definition) is 3. The summed E-state index contributed by atoms with van der Waals surface area (Å²) in [7, 11) is 0. The Morgan fingerprint density at radius 1 is 0.963 bits per heavy atom. The van der Waals surface area contributed by atoms with Crippen LogP contribution in [-0.4, -0.2) is 33.2 Å². The molecule has 0 spiro atoms. The van der Waals surface area contributed by atoms with Gasteiger partial charge in [-0.2, -0.15) is 4.98 Å². The van der Waals surface area contributed by atoms with Crippen LogP contribution in [0, 0.1) is 20.8 Å². The molecule has 0 saturated carbocycles. The first-order valence-electron chi connectivity index (χ1n) is 9.07. The lowest BCUT2D eigenvalue weighted by molar-refractivity contribution is 0.292. The van der Waals surface area contributed by atoms with Crippen LogP contribution in [0.15, 0.2) is 42.6 Å². The van der Waals surface area contributed by atoms with Gasteiger partial charge in [-0.25, -0.2) is 4.98 Å². The zero-order chi connectivity index (χ0) is 19.2. The molecule has 0 bridgehead atoms. The molecule has 3 N–H and O–H groups in total. The fourth-order valence-electron chi connectivity index (χ4n) is 3.02. The Morgan fingerprint density at radius 2 is 1.74 bits per heavy atom. The predicted molar refractivity (Wildman–Crippen MR) is 109 cm³/mol. The van der Waals surface area contributed by atoms with E-state index in [1.165, 1.54) is 16.7 Å². The van der Waals surface area contributed by atoms with E-state index in [0.717, 1.165) is 17.1 Å². The molecule has 1 aromatic carbocycles. The van der Waals surface area contributed by atoms with Gasteiger partial charge in [-0.05, 0) is 50.5 Å². The van der Waals surface area contributed by atoms with Gasteiger partial charge in [0.05, 0.1) is 11.4 Å². The number of anilines is 3. The van der Waals surface area contributed by atoms with Crippen molar-refractivity contribution in [2.24, 2.45) is 0 Å². The molecule has 3 aromatic rings. The van der Waals surface area contributed by atoms with Gasteiger partial charge in [0.15, 0.2) is 0 Å². The van der Waals surface area contributed by atoms with Crippen LogP contribution in [-0.2, 0) is 0 Å². The van der Waals surface area contributed by atoms with Crippen LogP contribution >= 0.6 is 0 Å². The van der Waals surface area contributed by atoms with E-state index >= 15 is 0 Å². The summed E-state index contributed by atoms with van der Waals surface area (Å²) in [6.07, 6.45) is 2.38. The second-order valence-electron chi connectivity index (χ2n) is 6.58. The Bertz CT molecular complexity index is 889. The number of hydrogen-bond acceptors (Lipinski definition) is 6. The normalized spacial score (nSPS) is 10.7. The van der Waals surface area contributed by atoms with Gasteiger partial charge in [-0.1, -0.05) is 23.8 Å². The maximum absolute atomic E-state index is 9.01. The number of aliphatic hydroxyl groups is 1. The number of nitrogens with one attached hydrogen (secondary N) is 2. The van der Waals surface area contributed by atoms with Crippen LogP contribution in [0.4, 0.5) is 17.5 Å². The average molecular weight is 363 g/mol. The van der Waals surface area contributed by atoms with Crippen molar-refractivity contribution in [1.29, 1.82) is 0 Å². The quantitative estimate of drug-likeness (QED) is 0.550. The van der Waals surface area contributed by atoms with E-state index in [1.54, 1.807) is 6.20 Å². The van der Waals surface area contributed by atoms with Gasteiger partial charge in [-0.3, -0.25) is 4.98 Å². The van der Waals surface area contributed by atoms with Crippen molar-refractivity contribution in [3.8, 4) is 11.4 Å². The van der Waals surface area contributed by atoms with Crippen molar-refractivity contribution >= 4 is 17.5 Å². The molecule has 0 amide bonds. The summed E-state index contributed by atoms with van der Waals surface area (Å²) < 4.78 is 0. The van der Waals surface area contributed by atoms with Crippen LogP contribution in [0.2, 0.25) is 0 Å². The molecule has 0 unspecified atom stereocenters. The van der Waals surface area contributed by atoms with E-state index in [4.69, 9.17) is 5.11 Å². The highest BCUT2D eigenvalue weighted by Crippen LogP contribution is 2.27. The van der Waals surface area contributed by atoms with Gasteiger partial charge < -0.3 is 15.7 Å². The van der Waals surface area contributed by atoms with Crippen molar-refractivity contribution in [2.75, 3.05) is 23.8 Å². The Kier molecular flexibility index (Phi) is 5.98. The topological polar surface area (TPSA) is 83.0 Å². The predicted octanol–water partition coefficient (Wildman–Crippen LogP) is 4.00. The van der Waals surface area contributed by atoms with Crippen molar-refractivity contribution < 1.29 is 5.11 Å². The van der Waals surface area contributed by atoms with Crippen LogP contribution in [0.25, 0.3) is 11.4 Å². The van der Waals surface area contributed by atoms with Gasteiger partial charge in [0.25, 0.3) is 0 Å². The van der Waals surface area contributed by atoms with E-state index in [0.29, 0.717) is 24.7 Å². The fourth-order valence-corrected chi connectivity index (χ4v) is 3.02. The highest BCUT2D eigenvalue weighted by atomic mass is 16.3. The monoisotopic (exact) mass is 363 g/mol. The standard InChI is InChI=1S/C21H25N5O/c1-14-11-15(2)20(16(3)12-14)25-19-13-18(17-7-4-5-8-22-17)24-21(26-19)23-9-6-10-27/h4-5,7-8,11-13,27H,6,9-10H2,1-3H3,(H2,23,24,25,26). The molecule has 3 rings (SSSR count). The smallest absolute Gasteiger partial charge is 0.225 e. The van der Waals surface area contributed by atoms with Crippen LogP contribution in [0.5, 0.6) is 0 Å². The Labute approximate surface area is 159 Å². The van der Waals surface area contributed by atoms with Crippen LogP contribution in [0.3, 0.4) is 0 Å². The molecule has 0 saturated heterocycles. The highest BCUT2D eigenvalue weighted by molar-refractivity contribution is 5.69. The molecule has 140 valence electrons. The minimum absolute atomic E-state index is 0.125. The molecule has 2 aromatic heterocycles. The van der Waals surface area contributed by atoms with Gasteiger partial charge in [0, 0.05) is 31.1 Å². The van der Waals surface area contributed by atoms with Gasteiger partial charge in [-0.15, -0.1) is 0 Å². The van der Waals surface area contributed by atoms with Crippen molar-refractivity contribution in [2.45, 2.75) is 27.2 Å². The Balaban J connectivity index is 1.97. The molecule has 0 radical (unpaired) electrons. The lowest BCUT2D eigenvalue weighted by atomic mass is 10.1. The SMILES string of the molecule is Cc1cc(C)c(Nc2cc(-c3ccccn3)nc(NCCCO)n2)c(C)c1. The summed E-state index contributed by atoms with van der Waals surface area (Å²) in [6.45, 7) is 6.99. The second kappa shape index (κ2) is 8.60. The molecule has 0 aliphatic rings. The minimum Gasteiger partial charge on any atom is -0.396 e. The summed E-state index contributed by atoms with van der Waals surface area (Å²) in [5.74, 6) is 1.21. The molecule has 2 heterocycles. The first kappa shape index (κ1) is 18.8. The summed E-state index contributed by atoms with van der Waals surface area (Å²) in [5, 5.41) is 15.6. The Morgan fingerprint density at radius 3 is 2.41 bits per heavy atom. The third-order valence-electron chi connectivity index (χ3n) is 4.20. The van der Waals surface area contributed by atoms with Crippen molar-refractivity contribution in [3.05, 3.63) is 59.3 Å². The zero-order valence-electron chi connectivity index (χ0n) is 16.0. The molecular weight excluding hydrogens is 338 g/mol. The first-order chi connectivity index (χ1) is 13.1. The third-order valence-corrected chi connectivity index (χ3v) is 4.20. The number of rotatable bonds is 7. The van der Waals surface area contributed by atoms with Crippen molar-refractivity contribution in [3.63, 3.8) is 0 Å².